The van der Waals surface area contributed by atoms with Crippen LogP contribution < -0.4 is 10.1 Å². The van der Waals surface area contributed by atoms with Crippen LogP contribution in [0, 0.1) is 0 Å². The first-order valence-corrected chi connectivity index (χ1v) is 6.37. The number of anilines is 1. The number of nitrogens with one attached hydrogen (secondary N) is 1. The standard InChI is InChI=1S/C12H11BrClN3O/c1-15-12-9(13)6-16-11(17-12)8-4-3-7(14)5-10(8)18-2/h3-6H,1-2H3,(H,15,16,17). The smallest absolute Gasteiger partial charge is 0.165 e. The van der Waals surface area contributed by atoms with Gasteiger partial charge >= 0.3 is 0 Å². The average molecular weight is 329 g/mol. The van der Waals surface area contributed by atoms with Crippen molar-refractivity contribution < 1.29 is 4.74 Å². The summed E-state index contributed by atoms with van der Waals surface area (Å²) in [4.78, 5) is 8.68. The molecule has 0 unspecified atom stereocenters. The Morgan fingerprint density at radius 3 is 2.83 bits per heavy atom. The van der Waals surface area contributed by atoms with Gasteiger partial charge in [-0.3, -0.25) is 0 Å². The quantitative estimate of drug-likeness (QED) is 0.935. The van der Waals surface area contributed by atoms with Gasteiger partial charge in [-0.2, -0.15) is 0 Å². The Bertz CT molecular complexity index is 577. The molecule has 0 atom stereocenters. The minimum atomic E-state index is 0.580. The lowest BCUT2D eigenvalue weighted by Crippen LogP contribution is -1.98. The predicted molar refractivity (Wildman–Crippen MR) is 76.3 cm³/mol. The molecule has 0 amide bonds. The Labute approximate surface area is 118 Å². The molecule has 0 aliphatic carbocycles. The van der Waals surface area contributed by atoms with Crippen molar-refractivity contribution in [3.63, 3.8) is 0 Å². The number of aromatic nitrogens is 2. The van der Waals surface area contributed by atoms with Crippen molar-refractivity contribution in [3.05, 3.63) is 33.9 Å². The maximum Gasteiger partial charge on any atom is 0.165 e. The Kier molecular flexibility index (Phi) is 4.04. The van der Waals surface area contributed by atoms with Crippen LogP contribution in [0.2, 0.25) is 5.02 Å². The normalized spacial score (nSPS) is 10.2. The molecule has 1 aromatic heterocycles. The third kappa shape index (κ3) is 2.57. The molecular weight excluding hydrogens is 318 g/mol. The van der Waals surface area contributed by atoms with E-state index in [4.69, 9.17) is 16.3 Å². The van der Waals surface area contributed by atoms with Crippen molar-refractivity contribution in [2.24, 2.45) is 0 Å². The minimum absolute atomic E-state index is 0.580. The van der Waals surface area contributed by atoms with Gasteiger partial charge in [0, 0.05) is 18.3 Å². The molecule has 2 rings (SSSR count). The zero-order chi connectivity index (χ0) is 13.1. The number of halogens is 2. The van der Waals surface area contributed by atoms with Gasteiger partial charge in [-0.05, 0) is 34.1 Å². The van der Waals surface area contributed by atoms with Gasteiger partial charge in [-0.1, -0.05) is 11.6 Å². The molecule has 0 spiro atoms. The van der Waals surface area contributed by atoms with Crippen LogP contribution >= 0.6 is 27.5 Å². The Balaban J connectivity index is 2.54. The number of ether oxygens (including phenoxy) is 1. The highest BCUT2D eigenvalue weighted by Gasteiger charge is 2.11. The molecule has 0 aliphatic heterocycles. The van der Waals surface area contributed by atoms with Crippen LogP contribution in [0.25, 0.3) is 11.4 Å². The monoisotopic (exact) mass is 327 g/mol. The molecular formula is C12H11BrClN3O. The van der Waals surface area contributed by atoms with Crippen LogP contribution in [0.1, 0.15) is 0 Å². The predicted octanol–water partition coefficient (Wildman–Crippen LogP) is 3.61. The van der Waals surface area contributed by atoms with E-state index in [-0.39, 0.29) is 0 Å². The Morgan fingerprint density at radius 1 is 1.39 bits per heavy atom. The lowest BCUT2D eigenvalue weighted by atomic mass is 10.2. The van der Waals surface area contributed by atoms with Crippen molar-refractivity contribution in [2.75, 3.05) is 19.5 Å². The van der Waals surface area contributed by atoms with E-state index in [1.807, 2.05) is 6.07 Å². The maximum absolute atomic E-state index is 5.93. The van der Waals surface area contributed by atoms with Gasteiger partial charge in [0.1, 0.15) is 11.6 Å². The van der Waals surface area contributed by atoms with Crippen LogP contribution in [0.5, 0.6) is 5.75 Å². The van der Waals surface area contributed by atoms with E-state index in [2.05, 4.69) is 31.2 Å². The molecule has 0 aliphatic rings. The first kappa shape index (κ1) is 13.1. The topological polar surface area (TPSA) is 47.0 Å². The van der Waals surface area contributed by atoms with Crippen molar-refractivity contribution in [1.29, 1.82) is 0 Å². The fourth-order valence-corrected chi connectivity index (χ4v) is 2.07. The van der Waals surface area contributed by atoms with Gasteiger partial charge in [-0.15, -0.1) is 0 Å². The molecule has 0 fully saturated rings. The van der Waals surface area contributed by atoms with E-state index in [1.165, 1.54) is 0 Å². The van der Waals surface area contributed by atoms with Crippen molar-refractivity contribution >= 4 is 33.3 Å². The number of hydrogen-bond donors (Lipinski definition) is 1. The lowest BCUT2D eigenvalue weighted by Gasteiger charge is -2.09. The van der Waals surface area contributed by atoms with Gasteiger partial charge in [0.05, 0.1) is 17.1 Å². The first-order valence-electron chi connectivity index (χ1n) is 5.20. The van der Waals surface area contributed by atoms with Crippen LogP contribution in [0.15, 0.2) is 28.9 Å². The van der Waals surface area contributed by atoms with Crippen molar-refractivity contribution in [1.82, 2.24) is 9.97 Å². The highest BCUT2D eigenvalue weighted by Crippen LogP contribution is 2.31. The van der Waals surface area contributed by atoms with Crippen LogP contribution in [-0.2, 0) is 0 Å². The zero-order valence-corrected chi connectivity index (χ0v) is 12.2. The lowest BCUT2D eigenvalue weighted by molar-refractivity contribution is 0.416. The molecule has 1 N–H and O–H groups in total. The van der Waals surface area contributed by atoms with E-state index < -0.39 is 0 Å². The number of benzene rings is 1. The molecule has 0 saturated heterocycles. The van der Waals surface area contributed by atoms with Crippen molar-refractivity contribution in [2.45, 2.75) is 0 Å². The van der Waals surface area contributed by atoms with Gasteiger partial charge in [0.25, 0.3) is 0 Å². The first-order chi connectivity index (χ1) is 8.65. The molecule has 0 saturated carbocycles. The summed E-state index contributed by atoms with van der Waals surface area (Å²) >= 11 is 9.30. The molecule has 1 heterocycles. The minimum Gasteiger partial charge on any atom is -0.496 e. The Morgan fingerprint density at radius 2 is 2.17 bits per heavy atom. The van der Waals surface area contributed by atoms with E-state index in [0.717, 1.165) is 15.9 Å². The average Bonchev–Trinajstić information content (AvgIpc) is 2.39. The molecule has 94 valence electrons. The maximum atomic E-state index is 5.93. The summed E-state index contributed by atoms with van der Waals surface area (Å²) in [5, 5.41) is 3.60. The van der Waals surface area contributed by atoms with Crippen molar-refractivity contribution in [3.8, 4) is 17.1 Å². The largest absolute Gasteiger partial charge is 0.496 e. The summed E-state index contributed by atoms with van der Waals surface area (Å²) in [7, 11) is 3.39. The number of methoxy groups -OCH3 is 1. The summed E-state index contributed by atoms with van der Waals surface area (Å²) in [6, 6.07) is 5.36. The third-order valence-electron chi connectivity index (χ3n) is 2.39. The second kappa shape index (κ2) is 5.54. The van der Waals surface area contributed by atoms with E-state index >= 15 is 0 Å². The second-order valence-electron chi connectivity index (χ2n) is 3.48. The number of rotatable bonds is 3. The number of nitrogens with zero attached hydrogens (tertiary/aromatic N) is 2. The zero-order valence-electron chi connectivity index (χ0n) is 9.87. The fourth-order valence-electron chi connectivity index (χ4n) is 1.52. The molecule has 4 nitrogen and oxygen atoms in total. The third-order valence-corrected chi connectivity index (χ3v) is 3.20. The summed E-state index contributed by atoms with van der Waals surface area (Å²) in [6.45, 7) is 0. The van der Waals surface area contributed by atoms with Gasteiger partial charge in [-0.25, -0.2) is 9.97 Å². The SMILES string of the molecule is CNc1nc(-c2ccc(Cl)cc2OC)ncc1Br. The van der Waals surface area contributed by atoms with Gasteiger partial charge in [0.2, 0.25) is 0 Å². The summed E-state index contributed by atoms with van der Waals surface area (Å²) in [6.07, 6.45) is 1.70. The molecule has 2 aromatic rings. The molecule has 6 heteroatoms. The summed E-state index contributed by atoms with van der Waals surface area (Å²) in [5.41, 5.74) is 0.797. The van der Waals surface area contributed by atoms with Crippen LogP contribution in [-0.4, -0.2) is 24.1 Å². The number of hydrogen-bond acceptors (Lipinski definition) is 4. The van der Waals surface area contributed by atoms with Gasteiger partial charge in [0.15, 0.2) is 5.82 Å². The molecule has 18 heavy (non-hydrogen) atoms. The highest BCUT2D eigenvalue weighted by atomic mass is 79.9. The van der Waals surface area contributed by atoms with E-state index in [9.17, 15) is 0 Å². The highest BCUT2D eigenvalue weighted by molar-refractivity contribution is 9.10. The van der Waals surface area contributed by atoms with Crippen LogP contribution in [0.3, 0.4) is 0 Å². The fraction of sp³-hybridized carbons (Fsp3) is 0.167. The molecule has 0 radical (unpaired) electrons. The molecule has 0 bridgehead atoms. The van der Waals surface area contributed by atoms with E-state index in [1.54, 1.807) is 32.5 Å². The van der Waals surface area contributed by atoms with Gasteiger partial charge < -0.3 is 10.1 Å². The second-order valence-corrected chi connectivity index (χ2v) is 4.78. The summed E-state index contributed by atoms with van der Waals surface area (Å²) in [5.74, 6) is 1.94. The molecule has 1 aromatic carbocycles. The van der Waals surface area contributed by atoms with Crippen LogP contribution in [0.4, 0.5) is 5.82 Å². The van der Waals surface area contributed by atoms with E-state index in [0.29, 0.717) is 16.6 Å². The summed E-state index contributed by atoms with van der Waals surface area (Å²) < 4.78 is 6.09. The Hall–Kier alpha value is -1.33.